The highest BCUT2D eigenvalue weighted by Gasteiger charge is 2.24. The first-order valence-electron chi connectivity index (χ1n) is 6.40. The molecule has 0 aromatic heterocycles. The second-order valence-corrected chi connectivity index (χ2v) is 8.07. The molecule has 106 valence electrons. The van der Waals surface area contributed by atoms with Crippen molar-refractivity contribution >= 4 is 15.7 Å². The molecule has 0 saturated carbocycles. The van der Waals surface area contributed by atoms with Crippen LogP contribution in [0.4, 0.5) is 0 Å². The average molecular weight is 276 g/mol. The minimum absolute atomic E-state index is 0.00657. The van der Waals surface area contributed by atoms with Gasteiger partial charge in [0.1, 0.15) is 9.84 Å². The topological polar surface area (TPSA) is 75.3 Å². The number of nitrogens with one attached hydrogen (secondary N) is 2. The van der Waals surface area contributed by atoms with Crippen molar-refractivity contribution in [2.24, 2.45) is 0 Å². The molecule has 1 aliphatic heterocycles. The molecule has 1 rings (SSSR count). The molecule has 18 heavy (non-hydrogen) atoms. The number of sulfone groups is 1. The van der Waals surface area contributed by atoms with Gasteiger partial charge in [-0.05, 0) is 39.7 Å². The van der Waals surface area contributed by atoms with Gasteiger partial charge >= 0.3 is 0 Å². The SMILES string of the molecule is CC(C)(CCS(C)(=O)=O)NC(=O)CC1CCCN1. The fourth-order valence-corrected chi connectivity index (χ4v) is 2.97. The highest BCUT2D eigenvalue weighted by atomic mass is 32.2. The van der Waals surface area contributed by atoms with E-state index in [0.29, 0.717) is 12.8 Å². The van der Waals surface area contributed by atoms with Gasteiger partial charge in [0.05, 0.1) is 5.75 Å². The molecule has 1 fully saturated rings. The lowest BCUT2D eigenvalue weighted by atomic mass is 10.0. The van der Waals surface area contributed by atoms with E-state index in [9.17, 15) is 13.2 Å². The maximum absolute atomic E-state index is 11.8. The first-order valence-corrected chi connectivity index (χ1v) is 8.46. The zero-order chi connectivity index (χ0) is 13.8. The van der Waals surface area contributed by atoms with Crippen LogP contribution in [0.2, 0.25) is 0 Å². The summed E-state index contributed by atoms with van der Waals surface area (Å²) in [5.41, 5.74) is -0.473. The Kier molecular flexibility index (Phi) is 5.16. The van der Waals surface area contributed by atoms with Crippen molar-refractivity contribution in [1.82, 2.24) is 10.6 Å². The van der Waals surface area contributed by atoms with Gasteiger partial charge in [-0.2, -0.15) is 0 Å². The monoisotopic (exact) mass is 276 g/mol. The van der Waals surface area contributed by atoms with Crippen LogP contribution < -0.4 is 10.6 Å². The summed E-state index contributed by atoms with van der Waals surface area (Å²) in [5, 5.41) is 6.19. The predicted octanol–water partition coefficient (Wildman–Crippen LogP) is 0.458. The lowest BCUT2D eigenvalue weighted by molar-refractivity contribution is -0.123. The fraction of sp³-hybridized carbons (Fsp3) is 0.917. The molecule has 1 heterocycles. The molecular weight excluding hydrogens is 252 g/mol. The van der Waals surface area contributed by atoms with E-state index in [2.05, 4.69) is 10.6 Å². The largest absolute Gasteiger partial charge is 0.351 e. The maximum atomic E-state index is 11.8. The van der Waals surface area contributed by atoms with Gasteiger partial charge in [-0.15, -0.1) is 0 Å². The minimum atomic E-state index is -2.98. The van der Waals surface area contributed by atoms with Gasteiger partial charge in [-0.25, -0.2) is 8.42 Å². The summed E-state index contributed by atoms with van der Waals surface area (Å²) in [5.74, 6) is 0.0926. The summed E-state index contributed by atoms with van der Waals surface area (Å²) in [6.07, 6.45) is 4.29. The van der Waals surface area contributed by atoms with Crippen LogP contribution in [0.5, 0.6) is 0 Å². The van der Waals surface area contributed by atoms with Crippen LogP contribution in [0.25, 0.3) is 0 Å². The Morgan fingerprint density at radius 2 is 2.11 bits per heavy atom. The van der Waals surface area contributed by atoms with Crippen LogP contribution in [-0.4, -0.2) is 44.5 Å². The molecule has 6 heteroatoms. The van der Waals surface area contributed by atoms with Crippen LogP contribution in [0, 0.1) is 0 Å². The van der Waals surface area contributed by atoms with Crippen molar-refractivity contribution in [2.45, 2.75) is 51.1 Å². The third-order valence-corrected chi connectivity index (χ3v) is 4.12. The number of hydrogen-bond donors (Lipinski definition) is 2. The standard InChI is InChI=1S/C12H24N2O3S/c1-12(2,6-8-18(3,16)17)14-11(15)9-10-5-4-7-13-10/h10,13H,4-9H2,1-3H3,(H,14,15). The second-order valence-electron chi connectivity index (χ2n) is 5.81. The van der Waals surface area contributed by atoms with Crippen molar-refractivity contribution in [1.29, 1.82) is 0 Å². The quantitative estimate of drug-likeness (QED) is 0.739. The van der Waals surface area contributed by atoms with Crippen LogP contribution >= 0.6 is 0 Å². The number of hydrogen-bond acceptors (Lipinski definition) is 4. The summed E-state index contributed by atoms with van der Waals surface area (Å²) in [6.45, 7) is 4.70. The number of amides is 1. The van der Waals surface area contributed by atoms with E-state index in [0.717, 1.165) is 19.4 Å². The van der Waals surface area contributed by atoms with Crippen molar-refractivity contribution in [3.63, 3.8) is 0 Å². The molecule has 1 saturated heterocycles. The van der Waals surface area contributed by atoms with E-state index in [1.54, 1.807) is 0 Å². The molecule has 0 aromatic rings. The first kappa shape index (κ1) is 15.4. The predicted molar refractivity (Wildman–Crippen MR) is 72.2 cm³/mol. The van der Waals surface area contributed by atoms with E-state index in [1.807, 2.05) is 13.8 Å². The molecule has 0 spiro atoms. The van der Waals surface area contributed by atoms with Crippen LogP contribution in [0.3, 0.4) is 0 Å². The minimum Gasteiger partial charge on any atom is -0.351 e. The summed E-state index contributed by atoms with van der Waals surface area (Å²) in [4.78, 5) is 11.8. The van der Waals surface area contributed by atoms with Crippen LogP contribution in [0.15, 0.2) is 0 Å². The zero-order valence-electron chi connectivity index (χ0n) is 11.5. The van der Waals surface area contributed by atoms with Crippen molar-refractivity contribution in [3.8, 4) is 0 Å². The second kappa shape index (κ2) is 6.02. The Balaban J connectivity index is 2.36. The number of carbonyl (C=O) groups is 1. The van der Waals surface area contributed by atoms with Crippen molar-refractivity contribution < 1.29 is 13.2 Å². The smallest absolute Gasteiger partial charge is 0.221 e. The molecule has 2 N–H and O–H groups in total. The maximum Gasteiger partial charge on any atom is 0.221 e. The molecule has 0 radical (unpaired) electrons. The molecule has 0 bridgehead atoms. The molecular formula is C12H24N2O3S. The van der Waals surface area contributed by atoms with E-state index < -0.39 is 15.4 Å². The van der Waals surface area contributed by atoms with Gasteiger partial charge in [-0.3, -0.25) is 4.79 Å². The molecule has 0 aliphatic carbocycles. The van der Waals surface area contributed by atoms with Crippen molar-refractivity contribution in [3.05, 3.63) is 0 Å². The van der Waals surface area contributed by atoms with Gasteiger partial charge in [0, 0.05) is 24.3 Å². The van der Waals surface area contributed by atoms with E-state index >= 15 is 0 Å². The molecule has 0 aromatic carbocycles. The molecule has 1 unspecified atom stereocenters. The Hall–Kier alpha value is -0.620. The highest BCUT2D eigenvalue weighted by Crippen LogP contribution is 2.13. The van der Waals surface area contributed by atoms with Gasteiger partial charge in [-0.1, -0.05) is 0 Å². The van der Waals surface area contributed by atoms with Crippen LogP contribution in [0.1, 0.15) is 39.5 Å². The Morgan fingerprint density at radius 3 is 2.61 bits per heavy atom. The lowest BCUT2D eigenvalue weighted by Gasteiger charge is -2.26. The summed E-state index contributed by atoms with van der Waals surface area (Å²) >= 11 is 0. The normalized spacial score (nSPS) is 20.9. The average Bonchev–Trinajstić information content (AvgIpc) is 2.65. The van der Waals surface area contributed by atoms with Gasteiger partial charge in [0.15, 0.2) is 0 Å². The lowest BCUT2D eigenvalue weighted by Crippen LogP contribution is -2.46. The highest BCUT2D eigenvalue weighted by molar-refractivity contribution is 7.90. The third kappa shape index (κ3) is 6.35. The summed E-state index contributed by atoms with van der Waals surface area (Å²) in [7, 11) is -2.98. The van der Waals surface area contributed by atoms with Gasteiger partial charge < -0.3 is 10.6 Å². The van der Waals surface area contributed by atoms with Crippen molar-refractivity contribution in [2.75, 3.05) is 18.6 Å². The summed E-state index contributed by atoms with van der Waals surface area (Å²) in [6, 6.07) is 0.274. The fourth-order valence-electron chi connectivity index (χ4n) is 2.09. The molecule has 1 atom stereocenters. The zero-order valence-corrected chi connectivity index (χ0v) is 12.3. The Morgan fingerprint density at radius 1 is 1.44 bits per heavy atom. The van der Waals surface area contributed by atoms with E-state index in [-0.39, 0.29) is 17.7 Å². The third-order valence-electron chi connectivity index (χ3n) is 3.17. The van der Waals surface area contributed by atoms with E-state index in [4.69, 9.17) is 0 Å². The number of carbonyl (C=O) groups excluding carboxylic acids is 1. The van der Waals surface area contributed by atoms with Gasteiger partial charge in [0.2, 0.25) is 5.91 Å². The van der Waals surface area contributed by atoms with Crippen LogP contribution in [-0.2, 0) is 14.6 Å². The van der Waals surface area contributed by atoms with Gasteiger partial charge in [0.25, 0.3) is 0 Å². The first-order chi connectivity index (χ1) is 8.18. The Bertz CT molecular complexity index is 384. The molecule has 5 nitrogen and oxygen atoms in total. The Labute approximate surface area is 110 Å². The van der Waals surface area contributed by atoms with E-state index in [1.165, 1.54) is 6.26 Å². The molecule has 1 aliphatic rings. The number of rotatable bonds is 6. The molecule has 1 amide bonds. The summed E-state index contributed by atoms with van der Waals surface area (Å²) < 4.78 is 22.2.